The van der Waals surface area contributed by atoms with Crippen LogP contribution in [0.5, 0.6) is 0 Å². The number of pyridine rings is 1. The summed E-state index contributed by atoms with van der Waals surface area (Å²) >= 11 is 0. The molecule has 2 N–H and O–H groups in total. The van der Waals surface area contributed by atoms with Gasteiger partial charge in [-0.15, -0.1) is 0 Å². The minimum absolute atomic E-state index is 0.0925. The largest absolute Gasteiger partial charge is 0.378 e. The summed E-state index contributed by atoms with van der Waals surface area (Å²) in [4.78, 5) is 28.4. The van der Waals surface area contributed by atoms with Gasteiger partial charge in [-0.25, -0.2) is 4.39 Å². The van der Waals surface area contributed by atoms with E-state index in [9.17, 15) is 14.0 Å². The highest BCUT2D eigenvalue weighted by Crippen LogP contribution is 2.35. The van der Waals surface area contributed by atoms with Gasteiger partial charge >= 0.3 is 0 Å². The Kier molecular flexibility index (Phi) is 5.04. The number of hydrogen-bond acceptors (Lipinski definition) is 4. The lowest BCUT2D eigenvalue weighted by Gasteiger charge is -2.12. The van der Waals surface area contributed by atoms with Crippen molar-refractivity contribution in [2.45, 2.75) is 19.4 Å². The van der Waals surface area contributed by atoms with E-state index in [2.05, 4.69) is 15.6 Å². The highest BCUT2D eigenvalue weighted by atomic mass is 19.1. The average Bonchev–Trinajstić information content (AvgIpc) is 3.38. The zero-order chi connectivity index (χ0) is 17.8. The lowest BCUT2D eigenvalue weighted by molar-refractivity contribution is -0.118. The number of carbonyl (C=O) groups excluding carboxylic acids is 2. The van der Waals surface area contributed by atoms with Crippen LogP contribution in [-0.2, 0) is 9.53 Å². The Labute approximate surface area is 144 Å². The third kappa shape index (κ3) is 4.19. The second-order valence-electron chi connectivity index (χ2n) is 5.68. The van der Waals surface area contributed by atoms with E-state index in [1.807, 2.05) is 6.92 Å². The molecule has 7 heteroatoms. The molecule has 1 aromatic heterocycles. The Morgan fingerprint density at radius 3 is 2.80 bits per heavy atom. The van der Waals surface area contributed by atoms with E-state index >= 15 is 0 Å². The Hall–Kier alpha value is -2.80. The van der Waals surface area contributed by atoms with Crippen LogP contribution < -0.4 is 10.6 Å². The van der Waals surface area contributed by atoms with E-state index in [0.29, 0.717) is 18.7 Å². The predicted molar refractivity (Wildman–Crippen MR) is 90.7 cm³/mol. The molecule has 3 rings (SSSR count). The standard InChI is InChI=1S/C18H18FN3O3/c1-2-25-16-10-12(16)17(23)22-15-9-11(19)6-7-13(15)21-18(24)14-5-3-4-8-20-14/h3-9,12,16H,2,10H2,1H3,(H,21,24)(H,22,23)/t12-,16+/m1/s1. The van der Waals surface area contributed by atoms with E-state index in [1.54, 1.807) is 18.2 Å². The number of nitrogens with zero attached hydrogens (tertiary/aromatic N) is 1. The van der Waals surface area contributed by atoms with Gasteiger partial charge < -0.3 is 15.4 Å². The summed E-state index contributed by atoms with van der Waals surface area (Å²) in [6.07, 6.45) is 2.05. The van der Waals surface area contributed by atoms with Crippen molar-refractivity contribution in [3.8, 4) is 0 Å². The van der Waals surface area contributed by atoms with Crippen LogP contribution in [-0.4, -0.2) is 29.5 Å². The van der Waals surface area contributed by atoms with Crippen molar-refractivity contribution >= 4 is 23.2 Å². The van der Waals surface area contributed by atoms with Crippen molar-refractivity contribution in [3.05, 3.63) is 54.1 Å². The van der Waals surface area contributed by atoms with Gasteiger partial charge in [-0.1, -0.05) is 6.07 Å². The summed E-state index contributed by atoms with van der Waals surface area (Å²) in [5.41, 5.74) is 0.734. The number of aromatic nitrogens is 1. The molecule has 0 unspecified atom stereocenters. The minimum atomic E-state index is -0.511. The molecular formula is C18H18FN3O3. The zero-order valence-corrected chi connectivity index (χ0v) is 13.7. The first kappa shape index (κ1) is 17.0. The van der Waals surface area contributed by atoms with Crippen molar-refractivity contribution in [1.82, 2.24) is 4.98 Å². The first-order valence-electron chi connectivity index (χ1n) is 8.03. The molecule has 1 heterocycles. The monoisotopic (exact) mass is 343 g/mol. The van der Waals surface area contributed by atoms with Crippen LogP contribution in [0.3, 0.4) is 0 Å². The van der Waals surface area contributed by atoms with Crippen LogP contribution in [0.15, 0.2) is 42.6 Å². The topological polar surface area (TPSA) is 80.3 Å². The molecule has 1 aliphatic carbocycles. The van der Waals surface area contributed by atoms with Gasteiger partial charge in [-0.3, -0.25) is 14.6 Å². The van der Waals surface area contributed by atoms with Gasteiger partial charge in [0.05, 0.1) is 23.4 Å². The molecule has 2 amide bonds. The zero-order valence-electron chi connectivity index (χ0n) is 13.7. The van der Waals surface area contributed by atoms with Gasteiger partial charge in [-0.05, 0) is 43.7 Å². The van der Waals surface area contributed by atoms with Crippen molar-refractivity contribution in [2.24, 2.45) is 5.92 Å². The van der Waals surface area contributed by atoms with Crippen LogP contribution in [0, 0.1) is 11.7 Å². The Balaban J connectivity index is 1.72. The van der Waals surface area contributed by atoms with Crippen LogP contribution in [0.25, 0.3) is 0 Å². The predicted octanol–water partition coefficient (Wildman–Crippen LogP) is 2.84. The third-order valence-electron chi connectivity index (χ3n) is 3.83. The first-order valence-corrected chi connectivity index (χ1v) is 8.03. The number of ether oxygens (including phenoxy) is 1. The fourth-order valence-electron chi connectivity index (χ4n) is 2.48. The maximum atomic E-state index is 13.6. The van der Waals surface area contributed by atoms with E-state index in [4.69, 9.17) is 4.74 Å². The molecule has 1 saturated carbocycles. The number of anilines is 2. The average molecular weight is 343 g/mol. The van der Waals surface area contributed by atoms with Crippen molar-refractivity contribution in [1.29, 1.82) is 0 Å². The second-order valence-corrected chi connectivity index (χ2v) is 5.68. The van der Waals surface area contributed by atoms with Gasteiger partial charge in [-0.2, -0.15) is 0 Å². The lowest BCUT2D eigenvalue weighted by atomic mass is 10.2. The molecular weight excluding hydrogens is 325 g/mol. The molecule has 0 aliphatic heterocycles. The Bertz CT molecular complexity index is 782. The minimum Gasteiger partial charge on any atom is -0.378 e. The highest BCUT2D eigenvalue weighted by Gasteiger charge is 2.44. The number of nitrogens with one attached hydrogen (secondary N) is 2. The first-order chi connectivity index (χ1) is 12.1. The van der Waals surface area contributed by atoms with E-state index in [0.717, 1.165) is 0 Å². The molecule has 25 heavy (non-hydrogen) atoms. The summed E-state index contributed by atoms with van der Waals surface area (Å²) in [5.74, 6) is -1.45. The van der Waals surface area contributed by atoms with Crippen LogP contribution in [0.1, 0.15) is 23.8 Å². The third-order valence-corrected chi connectivity index (χ3v) is 3.83. The number of rotatable bonds is 6. The maximum absolute atomic E-state index is 13.6. The normalized spacial score (nSPS) is 18.5. The fraction of sp³-hybridized carbons (Fsp3) is 0.278. The quantitative estimate of drug-likeness (QED) is 0.845. The van der Waals surface area contributed by atoms with Gasteiger partial charge in [0.15, 0.2) is 0 Å². The Morgan fingerprint density at radius 1 is 1.24 bits per heavy atom. The van der Waals surface area contributed by atoms with E-state index in [-0.39, 0.29) is 29.3 Å². The lowest BCUT2D eigenvalue weighted by Crippen LogP contribution is -2.20. The molecule has 0 spiro atoms. The van der Waals surface area contributed by atoms with Crippen molar-refractivity contribution in [2.75, 3.05) is 17.2 Å². The smallest absolute Gasteiger partial charge is 0.274 e. The molecule has 1 aromatic carbocycles. The molecule has 0 saturated heterocycles. The molecule has 2 atom stereocenters. The molecule has 130 valence electrons. The number of benzene rings is 1. The van der Waals surface area contributed by atoms with Gasteiger partial charge in [0, 0.05) is 12.8 Å². The summed E-state index contributed by atoms with van der Waals surface area (Å²) in [7, 11) is 0. The molecule has 0 bridgehead atoms. The van der Waals surface area contributed by atoms with Crippen LogP contribution in [0.2, 0.25) is 0 Å². The van der Waals surface area contributed by atoms with E-state index < -0.39 is 11.7 Å². The molecule has 1 aliphatic rings. The van der Waals surface area contributed by atoms with Crippen LogP contribution >= 0.6 is 0 Å². The van der Waals surface area contributed by atoms with E-state index in [1.165, 1.54) is 24.4 Å². The number of halogens is 1. The summed E-state index contributed by atoms with van der Waals surface area (Å²) in [5, 5.41) is 5.31. The van der Waals surface area contributed by atoms with Gasteiger partial charge in [0.25, 0.3) is 5.91 Å². The summed E-state index contributed by atoms with van der Waals surface area (Å²) < 4.78 is 19.0. The summed E-state index contributed by atoms with van der Waals surface area (Å²) in [6, 6.07) is 8.74. The fourth-order valence-corrected chi connectivity index (χ4v) is 2.48. The Morgan fingerprint density at radius 2 is 2.08 bits per heavy atom. The van der Waals surface area contributed by atoms with Crippen molar-refractivity contribution in [3.63, 3.8) is 0 Å². The van der Waals surface area contributed by atoms with Gasteiger partial charge in [0.1, 0.15) is 11.5 Å². The number of amides is 2. The van der Waals surface area contributed by atoms with Gasteiger partial charge in [0.2, 0.25) is 5.91 Å². The number of hydrogen-bond donors (Lipinski definition) is 2. The molecule has 2 aromatic rings. The summed E-state index contributed by atoms with van der Waals surface area (Å²) in [6.45, 7) is 2.41. The maximum Gasteiger partial charge on any atom is 0.274 e. The van der Waals surface area contributed by atoms with Crippen molar-refractivity contribution < 1.29 is 18.7 Å². The molecule has 6 nitrogen and oxygen atoms in total. The molecule has 0 radical (unpaired) electrons. The highest BCUT2D eigenvalue weighted by molar-refractivity contribution is 6.06. The SMILES string of the molecule is CCO[C@H]1C[C@H]1C(=O)Nc1cc(F)ccc1NC(=O)c1ccccn1. The van der Waals surface area contributed by atoms with Crippen LogP contribution in [0.4, 0.5) is 15.8 Å². The second kappa shape index (κ2) is 7.40. The molecule has 1 fully saturated rings. The number of carbonyl (C=O) groups is 2.